The number of anilines is 1. The van der Waals surface area contributed by atoms with Crippen LogP contribution in [0.25, 0.3) is 0 Å². The van der Waals surface area contributed by atoms with Crippen LogP contribution in [0.2, 0.25) is 0 Å². The number of amides is 3. The Kier molecular flexibility index (Phi) is 5.30. The number of likely N-dealkylation sites (tertiary alicyclic amines) is 1. The molecule has 4 atom stereocenters. The molecule has 3 aliphatic heterocycles. The predicted octanol–water partition coefficient (Wildman–Crippen LogP) is 3.51. The molecule has 36 heavy (non-hydrogen) atoms. The number of benzene rings is 3. The lowest BCUT2D eigenvalue weighted by Crippen LogP contribution is -2.53. The minimum Gasteiger partial charge on any atom is -0.324 e. The molecular formula is C30H29N3O3. The van der Waals surface area contributed by atoms with Gasteiger partial charge in [0.25, 0.3) is 0 Å². The van der Waals surface area contributed by atoms with Crippen LogP contribution in [0.4, 0.5) is 5.69 Å². The lowest BCUT2D eigenvalue weighted by molar-refractivity contribution is -0.142. The molecule has 3 aromatic carbocycles. The normalized spacial score (nSPS) is 26.4. The Morgan fingerprint density at radius 1 is 0.861 bits per heavy atom. The smallest absolute Gasteiger partial charge is 0.250 e. The standard InChI is InChI=1S/C30H29N3O3/c1-18-15-19(2)26-22(16-18)30(29(36)31-26)25-24(23(32-30)17-21-11-7-4-8-12-21)27(34)33(28(25)35)14-13-20-9-5-3-6-10-20/h3-12,15-16,23-25,32H,13-14,17H2,1-2H3,(H,31,36)/t23-,24+,25-,30+/m0/s1. The van der Waals surface area contributed by atoms with Gasteiger partial charge in [0.2, 0.25) is 17.7 Å². The second-order valence-corrected chi connectivity index (χ2v) is 10.3. The van der Waals surface area contributed by atoms with Gasteiger partial charge in [0.05, 0.1) is 11.8 Å². The van der Waals surface area contributed by atoms with E-state index in [2.05, 4.69) is 10.6 Å². The van der Waals surface area contributed by atoms with Crippen LogP contribution in [-0.2, 0) is 32.8 Å². The average Bonchev–Trinajstić information content (AvgIpc) is 3.44. The van der Waals surface area contributed by atoms with Crippen LogP contribution in [-0.4, -0.2) is 35.2 Å². The van der Waals surface area contributed by atoms with Gasteiger partial charge >= 0.3 is 0 Å². The van der Waals surface area contributed by atoms with E-state index in [9.17, 15) is 14.4 Å². The number of carbonyl (C=O) groups excluding carboxylic acids is 3. The maximum atomic E-state index is 14.0. The molecule has 0 aliphatic carbocycles. The number of rotatable bonds is 5. The number of nitrogens with one attached hydrogen (secondary N) is 2. The highest BCUT2D eigenvalue weighted by molar-refractivity contribution is 6.15. The molecular weight excluding hydrogens is 450 g/mol. The quantitative estimate of drug-likeness (QED) is 0.549. The Balaban J connectivity index is 1.42. The molecule has 2 saturated heterocycles. The molecule has 0 bridgehead atoms. The van der Waals surface area contributed by atoms with Crippen molar-refractivity contribution in [1.82, 2.24) is 10.2 Å². The Hall–Kier alpha value is -3.77. The summed E-state index contributed by atoms with van der Waals surface area (Å²) in [4.78, 5) is 43.0. The number of aryl methyl sites for hydroxylation is 2. The van der Waals surface area contributed by atoms with Crippen molar-refractivity contribution in [2.45, 2.75) is 38.3 Å². The monoisotopic (exact) mass is 479 g/mol. The van der Waals surface area contributed by atoms with Gasteiger partial charge in [0.1, 0.15) is 5.54 Å². The van der Waals surface area contributed by atoms with Gasteiger partial charge in [-0.15, -0.1) is 0 Å². The fourth-order valence-corrected chi connectivity index (χ4v) is 6.47. The van der Waals surface area contributed by atoms with E-state index in [1.165, 1.54) is 4.90 Å². The third-order valence-electron chi connectivity index (χ3n) is 8.02. The first-order chi connectivity index (χ1) is 17.4. The number of imide groups is 1. The number of hydrogen-bond acceptors (Lipinski definition) is 4. The highest BCUT2D eigenvalue weighted by Crippen LogP contribution is 2.54. The second kappa shape index (κ2) is 8.42. The maximum absolute atomic E-state index is 14.0. The number of fused-ring (bicyclic) bond motifs is 4. The molecule has 182 valence electrons. The van der Waals surface area contributed by atoms with Crippen molar-refractivity contribution in [2.24, 2.45) is 11.8 Å². The molecule has 6 heteroatoms. The summed E-state index contributed by atoms with van der Waals surface area (Å²) in [6, 6.07) is 23.5. The molecule has 2 N–H and O–H groups in total. The molecule has 3 aromatic rings. The Labute approximate surface area is 210 Å². The van der Waals surface area contributed by atoms with Crippen LogP contribution in [0.5, 0.6) is 0 Å². The van der Waals surface area contributed by atoms with Crippen LogP contribution >= 0.6 is 0 Å². The van der Waals surface area contributed by atoms with Crippen LogP contribution < -0.4 is 10.6 Å². The summed E-state index contributed by atoms with van der Waals surface area (Å²) >= 11 is 0. The Bertz CT molecular complexity index is 1370. The third kappa shape index (κ3) is 3.32. The van der Waals surface area contributed by atoms with Crippen molar-refractivity contribution < 1.29 is 14.4 Å². The van der Waals surface area contributed by atoms with Crippen LogP contribution in [0.3, 0.4) is 0 Å². The Morgan fingerprint density at radius 2 is 1.53 bits per heavy atom. The summed E-state index contributed by atoms with van der Waals surface area (Å²) in [5.74, 6) is -2.08. The van der Waals surface area contributed by atoms with Crippen LogP contribution in [0, 0.1) is 25.7 Å². The lowest BCUT2D eigenvalue weighted by Gasteiger charge is -2.30. The molecule has 0 saturated carbocycles. The fourth-order valence-electron chi connectivity index (χ4n) is 6.47. The summed E-state index contributed by atoms with van der Waals surface area (Å²) in [7, 11) is 0. The van der Waals surface area contributed by atoms with Crippen LogP contribution in [0.1, 0.15) is 27.8 Å². The number of hydrogen-bond donors (Lipinski definition) is 2. The van der Waals surface area contributed by atoms with Gasteiger partial charge in [0, 0.05) is 23.8 Å². The van der Waals surface area contributed by atoms with Crippen molar-refractivity contribution in [3.63, 3.8) is 0 Å². The molecule has 3 aliphatic rings. The van der Waals surface area contributed by atoms with Gasteiger partial charge in [-0.1, -0.05) is 78.4 Å². The van der Waals surface area contributed by atoms with E-state index in [1.807, 2.05) is 86.6 Å². The van der Waals surface area contributed by atoms with Crippen molar-refractivity contribution in [2.75, 3.05) is 11.9 Å². The van der Waals surface area contributed by atoms with Crippen molar-refractivity contribution in [3.05, 3.63) is 101 Å². The van der Waals surface area contributed by atoms with Gasteiger partial charge < -0.3 is 5.32 Å². The molecule has 2 fully saturated rings. The van der Waals surface area contributed by atoms with Gasteiger partial charge in [-0.25, -0.2) is 0 Å². The molecule has 6 rings (SSSR count). The van der Waals surface area contributed by atoms with E-state index >= 15 is 0 Å². The molecule has 3 heterocycles. The zero-order valence-electron chi connectivity index (χ0n) is 20.5. The molecule has 0 unspecified atom stereocenters. The van der Waals surface area contributed by atoms with Crippen LogP contribution in [0.15, 0.2) is 72.8 Å². The lowest BCUT2D eigenvalue weighted by atomic mass is 9.75. The van der Waals surface area contributed by atoms with Gasteiger partial charge in [-0.3, -0.25) is 24.6 Å². The summed E-state index contributed by atoms with van der Waals surface area (Å²) in [5, 5.41) is 6.60. The van der Waals surface area contributed by atoms with E-state index in [0.29, 0.717) is 19.4 Å². The van der Waals surface area contributed by atoms with Gasteiger partial charge in [-0.05, 0) is 43.4 Å². The number of carbonyl (C=O) groups is 3. The summed E-state index contributed by atoms with van der Waals surface area (Å²) < 4.78 is 0. The fraction of sp³-hybridized carbons (Fsp3) is 0.300. The molecule has 3 amide bonds. The Morgan fingerprint density at radius 3 is 2.22 bits per heavy atom. The topological polar surface area (TPSA) is 78.5 Å². The highest BCUT2D eigenvalue weighted by atomic mass is 16.2. The number of nitrogens with zero attached hydrogens (tertiary/aromatic N) is 1. The maximum Gasteiger partial charge on any atom is 0.250 e. The van der Waals surface area contributed by atoms with Gasteiger partial charge in [0.15, 0.2) is 0 Å². The summed E-state index contributed by atoms with van der Waals surface area (Å²) in [6.07, 6.45) is 1.14. The minimum absolute atomic E-state index is 0.183. The van der Waals surface area contributed by atoms with Crippen molar-refractivity contribution >= 4 is 23.4 Å². The van der Waals surface area contributed by atoms with E-state index in [0.717, 1.165) is 33.5 Å². The zero-order chi connectivity index (χ0) is 25.0. The van der Waals surface area contributed by atoms with Crippen molar-refractivity contribution in [1.29, 1.82) is 0 Å². The summed E-state index contributed by atoms with van der Waals surface area (Å²) in [5.41, 5.74) is 4.38. The molecule has 0 radical (unpaired) electrons. The predicted molar refractivity (Wildman–Crippen MR) is 137 cm³/mol. The SMILES string of the molecule is Cc1cc(C)c2c(c1)[C@]1(N[C@@H](Cc3ccccc3)[C@H]3C(=O)N(CCc4ccccc4)C(=O)[C@H]31)C(=O)N2. The zero-order valence-corrected chi connectivity index (χ0v) is 20.5. The molecule has 6 nitrogen and oxygen atoms in total. The first-order valence-corrected chi connectivity index (χ1v) is 12.5. The second-order valence-electron chi connectivity index (χ2n) is 10.3. The molecule has 1 spiro atoms. The third-order valence-corrected chi connectivity index (χ3v) is 8.02. The highest BCUT2D eigenvalue weighted by Gasteiger charge is 2.70. The van der Waals surface area contributed by atoms with Crippen molar-refractivity contribution in [3.8, 4) is 0 Å². The average molecular weight is 480 g/mol. The minimum atomic E-state index is -1.26. The largest absolute Gasteiger partial charge is 0.324 e. The van der Waals surface area contributed by atoms with Gasteiger partial charge in [-0.2, -0.15) is 0 Å². The van der Waals surface area contributed by atoms with E-state index < -0.39 is 17.4 Å². The first kappa shape index (κ1) is 22.7. The van der Waals surface area contributed by atoms with E-state index in [-0.39, 0.29) is 23.8 Å². The van der Waals surface area contributed by atoms with E-state index in [1.54, 1.807) is 0 Å². The van der Waals surface area contributed by atoms with E-state index in [4.69, 9.17) is 0 Å². The molecule has 0 aromatic heterocycles. The summed E-state index contributed by atoms with van der Waals surface area (Å²) in [6.45, 7) is 4.27. The first-order valence-electron chi connectivity index (χ1n) is 12.5.